The van der Waals surface area contributed by atoms with E-state index in [0.717, 1.165) is 0 Å². The summed E-state index contributed by atoms with van der Waals surface area (Å²) >= 11 is 0. The van der Waals surface area contributed by atoms with E-state index < -0.39 is 11.9 Å². The highest BCUT2D eigenvalue weighted by Crippen LogP contribution is 2.15. The Balaban J connectivity index is 2.49. The molecule has 1 aromatic carbocycles. The molecule has 1 aromatic rings. The normalized spacial score (nSPS) is 15.5. The molecule has 0 radical (unpaired) electrons. The van der Waals surface area contributed by atoms with Gasteiger partial charge in [-0.05, 0) is 12.1 Å². The van der Waals surface area contributed by atoms with Crippen molar-refractivity contribution in [2.75, 3.05) is 0 Å². The van der Waals surface area contributed by atoms with Crippen LogP contribution in [0.4, 0.5) is 4.79 Å². The van der Waals surface area contributed by atoms with Gasteiger partial charge in [0.25, 0.3) is 0 Å². The fourth-order valence-corrected chi connectivity index (χ4v) is 1.65. The van der Waals surface area contributed by atoms with Gasteiger partial charge in [-0.1, -0.05) is 18.2 Å². The molecule has 0 fully saturated rings. The van der Waals surface area contributed by atoms with Crippen LogP contribution in [0.5, 0.6) is 0 Å². The summed E-state index contributed by atoms with van der Waals surface area (Å²) < 4.78 is 0. The van der Waals surface area contributed by atoms with Gasteiger partial charge in [-0.3, -0.25) is 5.32 Å². The molecule has 1 heterocycles. The summed E-state index contributed by atoms with van der Waals surface area (Å²) in [6.07, 6.45) is 0.769. The minimum atomic E-state index is -1.15. The highest BCUT2D eigenvalue weighted by molar-refractivity contribution is 5.65. The molecule has 5 nitrogen and oxygen atoms in total. The van der Waals surface area contributed by atoms with Crippen LogP contribution >= 0.6 is 0 Å². The number of para-hydroxylation sites is 2. The van der Waals surface area contributed by atoms with Crippen LogP contribution in [0.1, 0.15) is 6.42 Å². The van der Waals surface area contributed by atoms with E-state index in [0.29, 0.717) is 17.1 Å². The molecule has 0 saturated carbocycles. The van der Waals surface area contributed by atoms with Crippen molar-refractivity contribution in [2.24, 2.45) is 9.98 Å². The zero-order chi connectivity index (χ0) is 11.6. The topological polar surface area (TPSA) is 74.0 Å². The highest BCUT2D eigenvalue weighted by Gasteiger charge is 2.31. The molecule has 0 saturated heterocycles. The fourth-order valence-electron chi connectivity index (χ4n) is 1.65. The monoisotopic (exact) mass is 217 g/mol. The lowest BCUT2D eigenvalue weighted by molar-refractivity contribution is 0.179. The number of carbonyl (C=O) groups is 1. The molecule has 2 N–H and O–H groups in total. The number of rotatable bonds is 3. The van der Waals surface area contributed by atoms with Crippen molar-refractivity contribution in [3.05, 3.63) is 47.6 Å². The van der Waals surface area contributed by atoms with E-state index in [-0.39, 0.29) is 0 Å². The van der Waals surface area contributed by atoms with Crippen LogP contribution < -0.4 is 16.0 Å². The van der Waals surface area contributed by atoms with Gasteiger partial charge < -0.3 is 5.11 Å². The summed E-state index contributed by atoms with van der Waals surface area (Å²) in [4.78, 5) is 19.3. The van der Waals surface area contributed by atoms with Crippen molar-refractivity contribution < 1.29 is 9.90 Å². The Morgan fingerprint density at radius 1 is 1.44 bits per heavy atom. The predicted octanol–water partition coefficient (Wildman–Crippen LogP) is 0.437. The Morgan fingerprint density at radius 3 is 2.44 bits per heavy atom. The Kier molecular flexibility index (Phi) is 2.44. The molecule has 1 aliphatic rings. The maximum absolute atomic E-state index is 10.7. The second kappa shape index (κ2) is 3.77. The maximum atomic E-state index is 10.7. The predicted molar refractivity (Wildman–Crippen MR) is 57.5 cm³/mol. The minimum absolute atomic E-state index is 0.327. The largest absolute Gasteiger partial charge is 0.465 e. The van der Waals surface area contributed by atoms with Gasteiger partial charge in [-0.2, -0.15) is 0 Å². The van der Waals surface area contributed by atoms with Gasteiger partial charge in [0, 0.05) is 6.42 Å². The van der Waals surface area contributed by atoms with Crippen LogP contribution in [-0.4, -0.2) is 17.0 Å². The number of fused-ring (bicyclic) bond motifs is 1. The lowest BCUT2D eigenvalue weighted by Gasteiger charge is -2.20. The van der Waals surface area contributed by atoms with Gasteiger partial charge in [0.15, 0.2) is 0 Å². The summed E-state index contributed by atoms with van der Waals surface area (Å²) in [7, 11) is 0. The Bertz CT molecular complexity index is 516. The van der Waals surface area contributed by atoms with Crippen molar-refractivity contribution in [1.82, 2.24) is 5.32 Å². The molecule has 0 aliphatic carbocycles. The Labute approximate surface area is 91.9 Å². The molecule has 16 heavy (non-hydrogen) atoms. The van der Waals surface area contributed by atoms with E-state index in [1.807, 2.05) is 12.1 Å². The molecule has 0 spiro atoms. The van der Waals surface area contributed by atoms with Crippen LogP contribution in [0.25, 0.3) is 0 Å². The zero-order valence-corrected chi connectivity index (χ0v) is 8.55. The summed E-state index contributed by atoms with van der Waals surface area (Å²) in [5.74, 6) is -1.14. The van der Waals surface area contributed by atoms with Gasteiger partial charge in [0.2, 0.25) is 5.79 Å². The smallest absolute Gasteiger partial charge is 0.408 e. The van der Waals surface area contributed by atoms with Crippen LogP contribution in [0.2, 0.25) is 0 Å². The fraction of sp³-hybridized carbons (Fsp3) is 0.182. The standard InChI is InChI=1S/C11H11N3O2/c1-2-7-11(14-10(15)16)12-8-5-3-4-6-9(8)13-11/h2-6,14H,1,7H2,(H,15,16). The van der Waals surface area contributed by atoms with Gasteiger partial charge in [0.1, 0.15) is 0 Å². The van der Waals surface area contributed by atoms with Crippen molar-refractivity contribution in [3.63, 3.8) is 0 Å². The van der Waals surface area contributed by atoms with Crippen LogP contribution in [-0.2, 0) is 0 Å². The quantitative estimate of drug-likeness (QED) is 0.721. The van der Waals surface area contributed by atoms with Crippen LogP contribution in [0, 0.1) is 0 Å². The average Bonchev–Trinajstić information content (AvgIpc) is 2.54. The number of benzene rings is 1. The zero-order valence-electron chi connectivity index (χ0n) is 8.55. The van der Waals surface area contributed by atoms with Crippen molar-refractivity contribution in [3.8, 4) is 0 Å². The summed E-state index contributed by atoms with van der Waals surface area (Å²) in [6.45, 7) is 3.59. The molecule has 0 bridgehead atoms. The van der Waals surface area contributed by atoms with E-state index in [2.05, 4.69) is 21.9 Å². The number of amides is 1. The molecule has 1 aliphatic heterocycles. The first-order chi connectivity index (χ1) is 7.65. The Morgan fingerprint density at radius 2 is 2.00 bits per heavy atom. The second-order valence-electron chi connectivity index (χ2n) is 3.45. The third kappa shape index (κ3) is 1.79. The first-order valence-electron chi connectivity index (χ1n) is 4.82. The van der Waals surface area contributed by atoms with Crippen LogP contribution in [0.3, 0.4) is 0 Å². The molecule has 0 aromatic heterocycles. The highest BCUT2D eigenvalue weighted by atomic mass is 16.4. The van der Waals surface area contributed by atoms with E-state index >= 15 is 0 Å². The second-order valence-corrected chi connectivity index (χ2v) is 3.45. The average molecular weight is 217 g/mol. The molecule has 0 unspecified atom stereocenters. The number of nitrogens with one attached hydrogen (secondary N) is 1. The lowest BCUT2D eigenvalue weighted by Crippen LogP contribution is -2.44. The summed E-state index contributed by atoms with van der Waals surface area (Å²) in [5.41, 5.74) is 0. The molecule has 5 heteroatoms. The molecular weight excluding hydrogens is 206 g/mol. The number of hydrogen-bond donors (Lipinski definition) is 2. The van der Waals surface area contributed by atoms with E-state index in [1.165, 1.54) is 0 Å². The van der Waals surface area contributed by atoms with Gasteiger partial charge in [-0.25, -0.2) is 14.8 Å². The third-order valence-corrected chi connectivity index (χ3v) is 2.23. The summed E-state index contributed by atoms with van der Waals surface area (Å²) in [5, 5.41) is 12.5. The van der Waals surface area contributed by atoms with Crippen molar-refractivity contribution in [1.29, 1.82) is 0 Å². The molecule has 2 rings (SSSR count). The number of carboxylic acid groups (broad SMARTS) is 1. The molecular formula is C11H11N3O2. The van der Waals surface area contributed by atoms with E-state index in [9.17, 15) is 4.79 Å². The lowest BCUT2D eigenvalue weighted by atomic mass is 10.2. The van der Waals surface area contributed by atoms with E-state index in [1.54, 1.807) is 18.2 Å². The first kappa shape index (κ1) is 10.4. The van der Waals surface area contributed by atoms with E-state index in [4.69, 9.17) is 5.11 Å². The van der Waals surface area contributed by atoms with Gasteiger partial charge in [0.05, 0.1) is 10.7 Å². The third-order valence-electron chi connectivity index (χ3n) is 2.23. The first-order valence-corrected chi connectivity index (χ1v) is 4.82. The van der Waals surface area contributed by atoms with Crippen molar-refractivity contribution in [2.45, 2.75) is 12.2 Å². The summed E-state index contributed by atoms with van der Waals surface area (Å²) in [6, 6.07) is 7.27. The van der Waals surface area contributed by atoms with Crippen LogP contribution in [0.15, 0.2) is 46.9 Å². The maximum Gasteiger partial charge on any atom is 0.408 e. The molecule has 0 atom stereocenters. The Hall–Kier alpha value is -2.17. The number of nitrogens with zero attached hydrogens (tertiary/aromatic N) is 2. The van der Waals surface area contributed by atoms with Crippen molar-refractivity contribution >= 4 is 6.09 Å². The number of hydrogen-bond acceptors (Lipinski definition) is 3. The SMILES string of the molecule is C=CCC1(NC(=O)O)N=c2ccccc2=N1. The molecule has 82 valence electrons. The minimum Gasteiger partial charge on any atom is -0.465 e. The van der Waals surface area contributed by atoms with Gasteiger partial charge >= 0.3 is 6.09 Å². The van der Waals surface area contributed by atoms with Gasteiger partial charge in [-0.15, -0.1) is 6.58 Å². The molecule has 1 amide bonds.